The summed E-state index contributed by atoms with van der Waals surface area (Å²) in [6.45, 7) is 0. The first-order valence-electron chi connectivity index (χ1n) is 6.57. The topological polar surface area (TPSA) is 43.4 Å². The van der Waals surface area contributed by atoms with Crippen molar-refractivity contribution in [1.82, 2.24) is 0 Å². The molecule has 5 heteroatoms. The van der Waals surface area contributed by atoms with Crippen molar-refractivity contribution in [1.29, 1.82) is 0 Å². The van der Waals surface area contributed by atoms with Gasteiger partial charge < -0.3 is 4.74 Å². The molecule has 2 aromatic carbocycles. The predicted molar refractivity (Wildman–Crippen MR) is 92.0 cm³/mol. The monoisotopic (exact) mass is 378 g/mol. The molecule has 0 aliphatic heterocycles. The molecule has 22 heavy (non-hydrogen) atoms. The van der Waals surface area contributed by atoms with Gasteiger partial charge in [-0.2, -0.15) is 0 Å². The van der Waals surface area contributed by atoms with E-state index in [0.29, 0.717) is 11.1 Å². The summed E-state index contributed by atoms with van der Waals surface area (Å²) in [5.41, 5.74) is 1.87. The molecule has 0 amide bonds. The second-order valence-corrected chi connectivity index (χ2v) is 6.36. The van der Waals surface area contributed by atoms with E-state index in [1.54, 1.807) is 36.0 Å². The molecule has 2 aromatic rings. The quantitative estimate of drug-likeness (QED) is 0.332. The Balaban J connectivity index is 2.17. The van der Waals surface area contributed by atoms with Crippen LogP contribution in [-0.4, -0.2) is 25.1 Å². The Morgan fingerprint density at radius 2 is 1.55 bits per heavy atom. The van der Waals surface area contributed by atoms with Gasteiger partial charge in [0, 0.05) is 10.5 Å². The number of ether oxygens (including phenoxy) is 1. The molecule has 0 aromatic heterocycles. The molecule has 0 N–H and O–H groups in total. The Labute approximate surface area is 142 Å². The molecule has 0 bridgehead atoms. The first kappa shape index (κ1) is 16.8. The average molecular weight is 379 g/mol. The largest absolute Gasteiger partial charge is 0.465 e. The Bertz CT molecular complexity index is 665. The van der Waals surface area contributed by atoms with E-state index in [9.17, 15) is 9.59 Å². The lowest BCUT2D eigenvalue weighted by Gasteiger charge is -2.10. The van der Waals surface area contributed by atoms with Crippen LogP contribution in [-0.2, 0) is 4.74 Å². The summed E-state index contributed by atoms with van der Waals surface area (Å²) in [4.78, 5) is 24.6. The molecular formula is C17H15BrO3S. The van der Waals surface area contributed by atoms with Gasteiger partial charge in [0.25, 0.3) is 0 Å². The number of hydrogen-bond acceptors (Lipinski definition) is 4. The number of methoxy groups -OCH3 is 1. The number of benzene rings is 2. The number of hydrogen-bond donors (Lipinski definition) is 0. The molecule has 2 rings (SSSR count). The van der Waals surface area contributed by atoms with E-state index in [1.165, 1.54) is 7.11 Å². The standard InChI is InChI=1S/C17H15BrO3S/c1-21-17(20)13-5-3-12(4-6-13)16(19)15(18)11-7-9-14(22-2)10-8-11/h3-10,15H,1-2H3. The van der Waals surface area contributed by atoms with Crippen LogP contribution in [0.5, 0.6) is 0 Å². The van der Waals surface area contributed by atoms with E-state index in [4.69, 9.17) is 0 Å². The average Bonchev–Trinajstić information content (AvgIpc) is 2.60. The van der Waals surface area contributed by atoms with Gasteiger partial charge in [0.1, 0.15) is 4.83 Å². The third kappa shape index (κ3) is 3.78. The molecule has 0 heterocycles. The summed E-state index contributed by atoms with van der Waals surface area (Å²) in [6, 6.07) is 14.3. The highest BCUT2D eigenvalue weighted by atomic mass is 79.9. The van der Waals surface area contributed by atoms with Crippen molar-refractivity contribution in [3.63, 3.8) is 0 Å². The highest BCUT2D eigenvalue weighted by molar-refractivity contribution is 9.09. The van der Waals surface area contributed by atoms with E-state index >= 15 is 0 Å². The molecule has 0 aliphatic carbocycles. The maximum atomic E-state index is 12.5. The molecule has 0 saturated heterocycles. The minimum absolute atomic E-state index is 0.0479. The Morgan fingerprint density at radius 3 is 2.05 bits per heavy atom. The van der Waals surface area contributed by atoms with Gasteiger partial charge >= 0.3 is 5.97 Å². The third-order valence-electron chi connectivity index (χ3n) is 3.23. The van der Waals surface area contributed by atoms with Gasteiger partial charge in [-0.1, -0.05) is 40.2 Å². The minimum Gasteiger partial charge on any atom is -0.465 e. The third-order valence-corrected chi connectivity index (χ3v) is 4.92. The number of esters is 1. The molecule has 0 aliphatic rings. The van der Waals surface area contributed by atoms with Crippen molar-refractivity contribution in [2.24, 2.45) is 0 Å². The van der Waals surface area contributed by atoms with Crippen molar-refractivity contribution < 1.29 is 14.3 Å². The summed E-state index contributed by atoms with van der Waals surface area (Å²) in [6.07, 6.45) is 2.01. The molecule has 0 saturated carbocycles. The van der Waals surface area contributed by atoms with E-state index in [0.717, 1.165) is 10.5 Å². The normalized spacial score (nSPS) is 11.8. The minimum atomic E-state index is -0.415. The van der Waals surface area contributed by atoms with Crippen LogP contribution in [0.4, 0.5) is 0 Å². The second kappa shape index (κ2) is 7.61. The van der Waals surface area contributed by atoms with Crippen LogP contribution in [0.3, 0.4) is 0 Å². The summed E-state index contributed by atoms with van der Waals surface area (Å²) in [5, 5.41) is 0. The molecule has 114 valence electrons. The Hall–Kier alpha value is -1.59. The van der Waals surface area contributed by atoms with Gasteiger partial charge in [0.15, 0.2) is 5.78 Å². The molecule has 3 nitrogen and oxygen atoms in total. The number of rotatable bonds is 5. The molecule has 0 fully saturated rings. The molecule has 1 unspecified atom stereocenters. The number of ketones is 1. The Morgan fingerprint density at radius 1 is 1.00 bits per heavy atom. The van der Waals surface area contributed by atoms with Crippen LogP contribution >= 0.6 is 27.7 Å². The zero-order valence-electron chi connectivity index (χ0n) is 12.2. The predicted octanol–water partition coefficient (Wildman–Crippen LogP) is 4.51. The SMILES string of the molecule is COC(=O)c1ccc(C(=O)C(Br)c2ccc(SC)cc2)cc1. The van der Waals surface area contributed by atoms with E-state index in [-0.39, 0.29) is 5.78 Å². The molecule has 0 spiro atoms. The molecular weight excluding hydrogens is 364 g/mol. The zero-order valence-corrected chi connectivity index (χ0v) is 14.6. The number of Topliss-reactive ketones (excluding diaryl/α,β-unsaturated/α-hetero) is 1. The smallest absolute Gasteiger partial charge is 0.337 e. The molecule has 0 radical (unpaired) electrons. The first-order chi connectivity index (χ1) is 10.6. The number of carbonyl (C=O) groups is 2. The van der Waals surface area contributed by atoms with Gasteiger partial charge in [0.05, 0.1) is 12.7 Å². The van der Waals surface area contributed by atoms with Crippen molar-refractivity contribution in [2.75, 3.05) is 13.4 Å². The lowest BCUT2D eigenvalue weighted by molar-refractivity contribution is 0.0600. The second-order valence-electron chi connectivity index (χ2n) is 4.57. The van der Waals surface area contributed by atoms with Crippen LogP contribution in [0.2, 0.25) is 0 Å². The van der Waals surface area contributed by atoms with Crippen LogP contribution in [0.1, 0.15) is 31.1 Å². The number of halogens is 1. The zero-order chi connectivity index (χ0) is 16.1. The highest BCUT2D eigenvalue weighted by Crippen LogP contribution is 2.28. The molecule has 1 atom stereocenters. The van der Waals surface area contributed by atoms with Gasteiger partial charge in [-0.05, 0) is 36.1 Å². The van der Waals surface area contributed by atoms with Gasteiger partial charge in [-0.25, -0.2) is 4.79 Å². The summed E-state index contributed by atoms with van der Waals surface area (Å²) < 4.78 is 4.64. The van der Waals surface area contributed by atoms with Crippen LogP contribution in [0.25, 0.3) is 0 Å². The number of alkyl halides is 1. The maximum absolute atomic E-state index is 12.5. The van der Waals surface area contributed by atoms with Crippen LogP contribution in [0, 0.1) is 0 Å². The van der Waals surface area contributed by atoms with Gasteiger partial charge in [0.2, 0.25) is 0 Å². The van der Waals surface area contributed by atoms with Crippen molar-refractivity contribution in [3.8, 4) is 0 Å². The van der Waals surface area contributed by atoms with E-state index < -0.39 is 10.8 Å². The van der Waals surface area contributed by atoms with Crippen LogP contribution in [0.15, 0.2) is 53.4 Å². The van der Waals surface area contributed by atoms with E-state index in [1.807, 2.05) is 30.5 Å². The van der Waals surface area contributed by atoms with Gasteiger partial charge in [-0.15, -0.1) is 11.8 Å². The fourth-order valence-corrected chi connectivity index (χ4v) is 2.94. The fraction of sp³-hybridized carbons (Fsp3) is 0.176. The number of thioether (sulfide) groups is 1. The van der Waals surface area contributed by atoms with Crippen LogP contribution < -0.4 is 0 Å². The summed E-state index contributed by atoms with van der Waals surface area (Å²) >= 11 is 5.10. The van der Waals surface area contributed by atoms with Crippen molar-refractivity contribution >= 4 is 39.4 Å². The van der Waals surface area contributed by atoms with E-state index in [2.05, 4.69) is 20.7 Å². The summed E-state index contributed by atoms with van der Waals surface area (Å²) in [5.74, 6) is -0.463. The maximum Gasteiger partial charge on any atom is 0.337 e. The van der Waals surface area contributed by atoms with Crippen molar-refractivity contribution in [2.45, 2.75) is 9.72 Å². The lowest BCUT2D eigenvalue weighted by atomic mass is 10.0. The summed E-state index contributed by atoms with van der Waals surface area (Å²) in [7, 11) is 1.33. The fourth-order valence-electron chi connectivity index (χ4n) is 1.96. The van der Waals surface area contributed by atoms with Gasteiger partial charge in [-0.3, -0.25) is 4.79 Å². The Kier molecular flexibility index (Phi) is 5.80. The lowest BCUT2D eigenvalue weighted by Crippen LogP contribution is -2.08. The first-order valence-corrected chi connectivity index (χ1v) is 8.71. The number of carbonyl (C=O) groups excluding carboxylic acids is 2. The highest BCUT2D eigenvalue weighted by Gasteiger charge is 2.19. The van der Waals surface area contributed by atoms with Crippen molar-refractivity contribution in [3.05, 3.63) is 65.2 Å².